The highest BCUT2D eigenvalue weighted by Gasteiger charge is 2.07. The molecule has 0 aromatic carbocycles. The lowest BCUT2D eigenvalue weighted by atomic mass is 10.0. The van der Waals surface area contributed by atoms with Gasteiger partial charge in [-0.15, -0.1) is 0 Å². The molecule has 0 radical (unpaired) electrons. The first kappa shape index (κ1) is 10.4. The summed E-state index contributed by atoms with van der Waals surface area (Å²) < 4.78 is 0. The molecule has 3 N–H and O–H groups in total. The molecule has 0 atom stereocenters. The van der Waals surface area contributed by atoms with Gasteiger partial charge in [0.15, 0.2) is 0 Å². The Labute approximate surface area is 93.2 Å². The van der Waals surface area contributed by atoms with Crippen molar-refractivity contribution in [2.75, 3.05) is 5.73 Å². The van der Waals surface area contributed by atoms with Crippen LogP contribution in [0.5, 0.6) is 0 Å². The first-order valence-corrected chi connectivity index (χ1v) is 5.00. The Balaban J connectivity index is 2.70. The van der Waals surface area contributed by atoms with Crippen molar-refractivity contribution in [2.24, 2.45) is 0 Å². The van der Waals surface area contributed by atoms with E-state index in [0.29, 0.717) is 0 Å². The fraction of sp³-hybridized carbons (Fsp3) is 0.167. The van der Waals surface area contributed by atoms with Crippen LogP contribution in [0.1, 0.15) is 11.3 Å². The van der Waals surface area contributed by atoms with Crippen LogP contribution in [-0.4, -0.2) is 9.97 Å². The Morgan fingerprint density at radius 1 is 1.31 bits per heavy atom. The minimum Gasteiger partial charge on any atom is -0.394 e. The van der Waals surface area contributed by atoms with E-state index in [1.54, 1.807) is 18.5 Å². The lowest BCUT2D eigenvalue weighted by molar-refractivity contribution is 1.14. The third-order valence-corrected chi connectivity index (χ3v) is 2.58. The number of aromatic nitrogens is 2. The van der Waals surface area contributed by atoms with Gasteiger partial charge in [-0.1, -0.05) is 0 Å². The van der Waals surface area contributed by atoms with Crippen LogP contribution in [0.3, 0.4) is 0 Å². The lowest BCUT2D eigenvalue weighted by Crippen LogP contribution is -2.13. The predicted octanol–water partition coefficient (Wildman–Crippen LogP) is 1.64. The molecule has 0 aliphatic carbocycles. The zero-order valence-electron chi connectivity index (χ0n) is 9.24. The minimum atomic E-state index is -0.243. The van der Waals surface area contributed by atoms with Gasteiger partial charge in [0.2, 0.25) is 0 Å². The summed E-state index contributed by atoms with van der Waals surface area (Å²) in [6.07, 6.45) is 3.51. The summed E-state index contributed by atoms with van der Waals surface area (Å²) in [5, 5.41) is 0. The lowest BCUT2D eigenvalue weighted by Gasteiger charge is -2.09. The molecule has 82 valence electrons. The molecule has 0 aliphatic rings. The van der Waals surface area contributed by atoms with E-state index in [1.807, 2.05) is 19.9 Å². The Morgan fingerprint density at radius 2 is 2.06 bits per heavy atom. The molecule has 0 fully saturated rings. The van der Waals surface area contributed by atoms with Gasteiger partial charge in [0.25, 0.3) is 5.56 Å². The van der Waals surface area contributed by atoms with Crippen molar-refractivity contribution in [3.63, 3.8) is 0 Å². The van der Waals surface area contributed by atoms with Gasteiger partial charge in [-0.25, -0.2) is 0 Å². The maximum absolute atomic E-state index is 11.3. The molecular formula is C12H13N3O. The number of nitrogen functional groups attached to an aromatic ring is 1. The van der Waals surface area contributed by atoms with Gasteiger partial charge >= 0.3 is 0 Å². The summed E-state index contributed by atoms with van der Waals surface area (Å²) in [7, 11) is 0. The number of nitrogens with one attached hydrogen (secondary N) is 1. The zero-order chi connectivity index (χ0) is 11.7. The number of nitrogens with zero attached hydrogens (tertiary/aromatic N) is 1. The van der Waals surface area contributed by atoms with E-state index in [0.717, 1.165) is 22.4 Å². The van der Waals surface area contributed by atoms with Crippen LogP contribution >= 0.6 is 0 Å². The second-order valence-corrected chi connectivity index (χ2v) is 3.78. The maximum Gasteiger partial charge on any atom is 0.271 e. The van der Waals surface area contributed by atoms with Crippen molar-refractivity contribution < 1.29 is 0 Å². The molecule has 4 nitrogen and oxygen atoms in total. The van der Waals surface area contributed by atoms with Gasteiger partial charge < -0.3 is 10.7 Å². The van der Waals surface area contributed by atoms with Crippen molar-refractivity contribution in [2.45, 2.75) is 13.8 Å². The molecule has 2 aromatic rings. The van der Waals surface area contributed by atoms with E-state index >= 15 is 0 Å². The summed E-state index contributed by atoms with van der Waals surface area (Å²) in [6, 6.07) is 3.62. The number of rotatable bonds is 1. The summed E-state index contributed by atoms with van der Waals surface area (Å²) in [5.74, 6) is 0. The van der Waals surface area contributed by atoms with Crippen LogP contribution in [0.2, 0.25) is 0 Å². The Kier molecular flexibility index (Phi) is 2.48. The van der Waals surface area contributed by atoms with Crippen molar-refractivity contribution in [1.29, 1.82) is 0 Å². The van der Waals surface area contributed by atoms with Crippen molar-refractivity contribution in [1.82, 2.24) is 9.97 Å². The molecule has 2 rings (SSSR count). The fourth-order valence-corrected chi connectivity index (χ4v) is 1.69. The van der Waals surface area contributed by atoms with E-state index in [-0.39, 0.29) is 11.2 Å². The molecule has 0 saturated heterocycles. The number of nitrogens with two attached hydrogens (primary N) is 1. The minimum absolute atomic E-state index is 0.233. The molecule has 2 heterocycles. The summed E-state index contributed by atoms with van der Waals surface area (Å²) in [4.78, 5) is 18.1. The number of pyridine rings is 2. The van der Waals surface area contributed by atoms with Gasteiger partial charge in [0, 0.05) is 23.7 Å². The molecule has 0 spiro atoms. The monoisotopic (exact) mass is 215 g/mol. The molecule has 2 aromatic heterocycles. The molecule has 0 aliphatic heterocycles. The number of aromatic amines is 1. The van der Waals surface area contributed by atoms with E-state index < -0.39 is 0 Å². The largest absolute Gasteiger partial charge is 0.394 e. The zero-order valence-corrected chi connectivity index (χ0v) is 9.24. The Morgan fingerprint density at radius 3 is 2.75 bits per heavy atom. The van der Waals surface area contributed by atoms with Crippen molar-refractivity contribution >= 4 is 5.69 Å². The maximum atomic E-state index is 11.3. The van der Waals surface area contributed by atoms with Crippen LogP contribution in [0.15, 0.2) is 29.3 Å². The highest BCUT2D eigenvalue weighted by molar-refractivity contribution is 5.71. The smallest absolute Gasteiger partial charge is 0.271 e. The Hall–Kier alpha value is -2.10. The molecule has 16 heavy (non-hydrogen) atoms. The van der Waals surface area contributed by atoms with E-state index in [2.05, 4.69) is 9.97 Å². The molecule has 0 unspecified atom stereocenters. The van der Waals surface area contributed by atoms with Gasteiger partial charge in [-0.2, -0.15) is 0 Å². The number of hydrogen-bond donors (Lipinski definition) is 2. The number of hydrogen-bond acceptors (Lipinski definition) is 3. The molecule has 4 heteroatoms. The van der Waals surface area contributed by atoms with E-state index in [9.17, 15) is 4.79 Å². The van der Waals surface area contributed by atoms with Crippen LogP contribution < -0.4 is 11.3 Å². The van der Waals surface area contributed by atoms with Crippen LogP contribution in [0.25, 0.3) is 11.1 Å². The second kappa shape index (κ2) is 3.81. The standard InChI is InChI=1S/C12H13N3O/c1-7-6-14-4-3-9(7)10-5-11(13)12(16)15-8(10)2/h3-6H,13H2,1-2H3,(H,15,16). The van der Waals surface area contributed by atoms with E-state index in [4.69, 9.17) is 5.73 Å². The third kappa shape index (κ3) is 1.69. The normalized spacial score (nSPS) is 10.4. The summed E-state index contributed by atoms with van der Waals surface area (Å²) in [6.45, 7) is 3.83. The van der Waals surface area contributed by atoms with E-state index in [1.165, 1.54) is 0 Å². The van der Waals surface area contributed by atoms with Gasteiger partial charge in [-0.05, 0) is 37.1 Å². The molecule has 0 saturated carbocycles. The van der Waals surface area contributed by atoms with Crippen LogP contribution in [0, 0.1) is 13.8 Å². The molecular weight excluding hydrogens is 202 g/mol. The summed E-state index contributed by atoms with van der Waals surface area (Å²) >= 11 is 0. The first-order valence-electron chi connectivity index (χ1n) is 5.00. The van der Waals surface area contributed by atoms with Gasteiger partial charge in [-0.3, -0.25) is 9.78 Å². The molecule has 0 bridgehead atoms. The first-order chi connectivity index (χ1) is 7.59. The predicted molar refractivity (Wildman–Crippen MR) is 64.2 cm³/mol. The SMILES string of the molecule is Cc1cnccc1-c1cc(N)c(=O)[nH]c1C. The molecule has 0 amide bonds. The summed E-state index contributed by atoms with van der Waals surface area (Å²) in [5.41, 5.74) is 9.45. The number of H-pyrrole nitrogens is 1. The Bertz CT molecular complexity index is 587. The van der Waals surface area contributed by atoms with Crippen molar-refractivity contribution in [3.8, 4) is 11.1 Å². The number of anilines is 1. The highest BCUT2D eigenvalue weighted by Crippen LogP contribution is 2.24. The quantitative estimate of drug-likeness (QED) is 0.759. The fourth-order valence-electron chi connectivity index (χ4n) is 1.69. The van der Waals surface area contributed by atoms with Gasteiger partial charge in [0.05, 0.1) is 5.69 Å². The number of aryl methyl sites for hydroxylation is 2. The van der Waals surface area contributed by atoms with Crippen LogP contribution in [0.4, 0.5) is 5.69 Å². The van der Waals surface area contributed by atoms with Gasteiger partial charge in [0.1, 0.15) is 0 Å². The third-order valence-electron chi connectivity index (χ3n) is 2.58. The second-order valence-electron chi connectivity index (χ2n) is 3.78. The topological polar surface area (TPSA) is 71.8 Å². The highest BCUT2D eigenvalue weighted by atomic mass is 16.1. The average Bonchev–Trinajstić information content (AvgIpc) is 2.25. The average molecular weight is 215 g/mol. The van der Waals surface area contributed by atoms with Crippen LogP contribution in [-0.2, 0) is 0 Å². The van der Waals surface area contributed by atoms with Crippen molar-refractivity contribution in [3.05, 3.63) is 46.1 Å².